The van der Waals surface area contributed by atoms with E-state index in [0.717, 1.165) is 33.3 Å². The van der Waals surface area contributed by atoms with E-state index in [0.29, 0.717) is 0 Å². The van der Waals surface area contributed by atoms with E-state index in [4.69, 9.17) is 5.11 Å². The number of carboxylic acid groups (broad SMARTS) is 1. The Bertz CT molecular complexity index is 1060. The fourth-order valence-electron chi connectivity index (χ4n) is 3.07. The number of aromatic hydroxyl groups is 1. The Labute approximate surface area is 144 Å². The average molecular weight is 329 g/mol. The Kier molecular flexibility index (Phi) is 3.51. The van der Waals surface area contributed by atoms with Gasteiger partial charge in [-0.3, -0.25) is 0 Å². The SMILES string of the molecule is O=C(O)c1ccc(-c2[nH]c3ccccc3c2-c2ccc(O)cc2)cc1. The molecule has 0 amide bonds. The van der Waals surface area contributed by atoms with Crippen molar-refractivity contribution in [3.05, 3.63) is 78.4 Å². The summed E-state index contributed by atoms with van der Waals surface area (Å²) < 4.78 is 0. The largest absolute Gasteiger partial charge is 0.508 e. The lowest BCUT2D eigenvalue weighted by atomic mass is 9.98. The lowest BCUT2D eigenvalue weighted by molar-refractivity contribution is 0.0697. The van der Waals surface area contributed by atoms with Gasteiger partial charge in [-0.15, -0.1) is 0 Å². The highest BCUT2D eigenvalue weighted by atomic mass is 16.4. The van der Waals surface area contributed by atoms with Gasteiger partial charge in [0, 0.05) is 16.5 Å². The molecule has 0 fully saturated rings. The van der Waals surface area contributed by atoms with Gasteiger partial charge in [-0.1, -0.05) is 42.5 Å². The summed E-state index contributed by atoms with van der Waals surface area (Å²) in [5, 5.41) is 19.7. The number of phenolic OH excluding ortho intramolecular Hbond substituents is 1. The second kappa shape index (κ2) is 5.83. The maximum Gasteiger partial charge on any atom is 0.335 e. The molecule has 0 saturated carbocycles. The summed E-state index contributed by atoms with van der Waals surface area (Å²) in [5.74, 6) is -0.724. The fourth-order valence-corrected chi connectivity index (χ4v) is 3.07. The molecule has 0 saturated heterocycles. The molecule has 4 rings (SSSR count). The second-order valence-electron chi connectivity index (χ2n) is 5.85. The number of fused-ring (bicyclic) bond motifs is 1. The molecular weight excluding hydrogens is 314 g/mol. The number of rotatable bonds is 3. The molecule has 0 spiro atoms. The topological polar surface area (TPSA) is 73.3 Å². The van der Waals surface area contributed by atoms with Crippen LogP contribution >= 0.6 is 0 Å². The maximum atomic E-state index is 11.1. The number of nitrogens with one attached hydrogen (secondary N) is 1. The zero-order valence-electron chi connectivity index (χ0n) is 13.2. The number of H-pyrrole nitrogens is 1. The van der Waals surface area contributed by atoms with Gasteiger partial charge in [0.25, 0.3) is 0 Å². The minimum Gasteiger partial charge on any atom is -0.508 e. The number of hydrogen-bond donors (Lipinski definition) is 3. The van der Waals surface area contributed by atoms with Gasteiger partial charge >= 0.3 is 5.97 Å². The van der Waals surface area contributed by atoms with Gasteiger partial charge in [0.2, 0.25) is 0 Å². The minimum absolute atomic E-state index is 0.218. The lowest BCUT2D eigenvalue weighted by Gasteiger charge is -2.07. The molecular formula is C21H15NO3. The average Bonchev–Trinajstić information content (AvgIpc) is 3.02. The Balaban J connectivity index is 1.95. The van der Waals surface area contributed by atoms with E-state index in [-0.39, 0.29) is 11.3 Å². The predicted molar refractivity (Wildman–Crippen MR) is 97.8 cm³/mol. The Morgan fingerprint density at radius 2 is 1.44 bits per heavy atom. The summed E-state index contributed by atoms with van der Waals surface area (Å²) in [6.07, 6.45) is 0. The number of hydrogen-bond acceptors (Lipinski definition) is 2. The molecule has 1 heterocycles. The van der Waals surface area contributed by atoms with E-state index in [2.05, 4.69) is 4.98 Å². The van der Waals surface area contributed by atoms with Crippen LogP contribution in [0.2, 0.25) is 0 Å². The molecule has 3 N–H and O–H groups in total. The van der Waals surface area contributed by atoms with E-state index < -0.39 is 5.97 Å². The molecule has 1 aromatic heterocycles. The molecule has 0 radical (unpaired) electrons. The van der Waals surface area contributed by atoms with Crippen molar-refractivity contribution in [1.29, 1.82) is 0 Å². The van der Waals surface area contributed by atoms with Crippen molar-refractivity contribution in [3.8, 4) is 28.1 Å². The highest BCUT2D eigenvalue weighted by Crippen LogP contribution is 2.38. The number of benzene rings is 3. The summed E-state index contributed by atoms with van der Waals surface area (Å²) >= 11 is 0. The van der Waals surface area contributed by atoms with Crippen LogP contribution in [0, 0.1) is 0 Å². The summed E-state index contributed by atoms with van der Waals surface area (Å²) in [4.78, 5) is 14.5. The highest BCUT2D eigenvalue weighted by molar-refractivity contribution is 6.04. The molecule has 4 nitrogen and oxygen atoms in total. The molecule has 0 aliphatic heterocycles. The summed E-state index contributed by atoms with van der Waals surface area (Å²) in [6, 6.07) is 21.9. The van der Waals surface area contributed by atoms with Gasteiger partial charge in [0.1, 0.15) is 5.75 Å². The molecule has 25 heavy (non-hydrogen) atoms. The third-order valence-corrected chi connectivity index (χ3v) is 4.28. The minimum atomic E-state index is -0.943. The van der Waals surface area contributed by atoms with Crippen molar-refractivity contribution in [2.45, 2.75) is 0 Å². The van der Waals surface area contributed by atoms with E-state index in [1.807, 2.05) is 36.4 Å². The quantitative estimate of drug-likeness (QED) is 0.500. The smallest absolute Gasteiger partial charge is 0.335 e. The number of carboxylic acids is 1. The fraction of sp³-hybridized carbons (Fsp3) is 0. The van der Waals surface area contributed by atoms with E-state index in [1.165, 1.54) is 0 Å². The molecule has 0 aliphatic rings. The first kappa shape index (κ1) is 15.0. The molecule has 0 atom stereocenters. The summed E-state index contributed by atoms with van der Waals surface area (Å²) in [7, 11) is 0. The Morgan fingerprint density at radius 1 is 0.800 bits per heavy atom. The van der Waals surface area contributed by atoms with Crippen LogP contribution in [0.15, 0.2) is 72.8 Å². The lowest BCUT2D eigenvalue weighted by Crippen LogP contribution is -1.95. The van der Waals surface area contributed by atoms with Crippen LogP contribution in [0.1, 0.15) is 10.4 Å². The highest BCUT2D eigenvalue weighted by Gasteiger charge is 2.15. The van der Waals surface area contributed by atoms with Gasteiger partial charge < -0.3 is 15.2 Å². The number of aromatic carboxylic acids is 1. The molecule has 4 heteroatoms. The van der Waals surface area contributed by atoms with Crippen LogP contribution in [0.5, 0.6) is 5.75 Å². The number of aromatic amines is 1. The van der Waals surface area contributed by atoms with Crippen LogP contribution in [0.3, 0.4) is 0 Å². The second-order valence-corrected chi connectivity index (χ2v) is 5.85. The van der Waals surface area contributed by atoms with Crippen molar-refractivity contribution >= 4 is 16.9 Å². The zero-order valence-corrected chi connectivity index (χ0v) is 13.2. The molecule has 3 aromatic carbocycles. The van der Waals surface area contributed by atoms with Gasteiger partial charge in [-0.25, -0.2) is 4.79 Å². The predicted octanol–water partition coefficient (Wildman–Crippen LogP) is 4.91. The molecule has 0 bridgehead atoms. The van der Waals surface area contributed by atoms with Crippen LogP contribution in [-0.2, 0) is 0 Å². The van der Waals surface area contributed by atoms with Gasteiger partial charge in [-0.05, 0) is 41.5 Å². The maximum absolute atomic E-state index is 11.1. The van der Waals surface area contributed by atoms with E-state index >= 15 is 0 Å². The molecule has 0 unspecified atom stereocenters. The number of aromatic nitrogens is 1. The normalized spacial score (nSPS) is 10.9. The van der Waals surface area contributed by atoms with Gasteiger partial charge in [0.05, 0.1) is 11.3 Å². The molecule has 4 aromatic rings. The monoisotopic (exact) mass is 329 g/mol. The van der Waals surface area contributed by atoms with Crippen molar-refractivity contribution in [3.63, 3.8) is 0 Å². The van der Waals surface area contributed by atoms with Crippen LogP contribution in [0.4, 0.5) is 0 Å². The Morgan fingerprint density at radius 3 is 2.12 bits per heavy atom. The first-order valence-electron chi connectivity index (χ1n) is 7.87. The van der Waals surface area contributed by atoms with Crippen LogP contribution in [-0.4, -0.2) is 21.2 Å². The van der Waals surface area contributed by atoms with Crippen LogP contribution in [0.25, 0.3) is 33.3 Å². The summed E-state index contributed by atoms with van der Waals surface area (Å²) in [5.41, 5.74) is 5.09. The van der Waals surface area contributed by atoms with Crippen molar-refractivity contribution in [2.75, 3.05) is 0 Å². The first-order valence-corrected chi connectivity index (χ1v) is 7.87. The Hall–Kier alpha value is -3.53. The molecule has 0 aliphatic carbocycles. The third-order valence-electron chi connectivity index (χ3n) is 4.28. The molecule has 122 valence electrons. The van der Waals surface area contributed by atoms with Crippen molar-refractivity contribution in [2.24, 2.45) is 0 Å². The van der Waals surface area contributed by atoms with Crippen molar-refractivity contribution in [1.82, 2.24) is 4.98 Å². The van der Waals surface area contributed by atoms with Crippen molar-refractivity contribution < 1.29 is 15.0 Å². The first-order chi connectivity index (χ1) is 12.1. The van der Waals surface area contributed by atoms with E-state index in [9.17, 15) is 9.90 Å². The number of phenols is 1. The summed E-state index contributed by atoms with van der Waals surface area (Å²) in [6.45, 7) is 0. The third kappa shape index (κ3) is 2.64. The zero-order chi connectivity index (χ0) is 17.4. The van der Waals surface area contributed by atoms with Gasteiger partial charge in [0.15, 0.2) is 0 Å². The number of para-hydroxylation sites is 1. The van der Waals surface area contributed by atoms with E-state index in [1.54, 1.807) is 36.4 Å². The number of carbonyl (C=O) groups is 1. The van der Waals surface area contributed by atoms with Crippen LogP contribution < -0.4 is 0 Å². The standard InChI is InChI=1S/C21H15NO3/c23-16-11-9-13(10-12-16)19-17-3-1-2-4-18(17)22-20(19)14-5-7-15(8-6-14)21(24)25/h1-12,22-23H,(H,24,25). The van der Waals surface area contributed by atoms with Gasteiger partial charge in [-0.2, -0.15) is 0 Å².